The Labute approximate surface area is 110 Å². The summed E-state index contributed by atoms with van der Waals surface area (Å²) in [6, 6.07) is 8.84. The molecule has 0 N–H and O–H groups in total. The molecule has 0 bridgehead atoms. The first-order valence-electron chi connectivity index (χ1n) is 3.78. The summed E-state index contributed by atoms with van der Waals surface area (Å²) in [6.07, 6.45) is 0.00398. The normalized spacial score (nSPS) is 8.69. The van der Waals surface area contributed by atoms with Crippen molar-refractivity contribution in [1.29, 1.82) is 0 Å². The molecule has 2 nitrogen and oxygen atoms in total. The third kappa shape index (κ3) is 4.61. The van der Waals surface area contributed by atoms with Crippen molar-refractivity contribution in [1.82, 2.24) is 0 Å². The quantitative estimate of drug-likeness (QED) is 0.630. The van der Waals surface area contributed by atoms with E-state index in [1.54, 1.807) is 24.3 Å². The summed E-state index contributed by atoms with van der Waals surface area (Å²) in [5, 5.41) is 0. The van der Waals surface area contributed by atoms with Crippen LogP contribution >= 0.6 is 0 Å². The Hall–Kier alpha value is -0.102. The van der Waals surface area contributed by atoms with Crippen molar-refractivity contribution in [3.05, 3.63) is 35.9 Å². The summed E-state index contributed by atoms with van der Waals surface area (Å²) in [5.74, 6) is -0.202. The van der Waals surface area contributed by atoms with E-state index in [0.29, 0.717) is 5.56 Å². The fourth-order valence-corrected chi connectivity index (χ4v) is 0.952. The van der Waals surface area contributed by atoms with Crippen molar-refractivity contribution in [3.63, 3.8) is 0 Å². The van der Waals surface area contributed by atoms with Crippen LogP contribution < -0.4 is 0 Å². The molecule has 13 heavy (non-hydrogen) atoms. The zero-order valence-electron chi connectivity index (χ0n) is 7.32. The maximum absolute atomic E-state index is 11.2. The average Bonchev–Trinajstić information content (AvgIpc) is 2.05. The van der Waals surface area contributed by atoms with Crippen molar-refractivity contribution in [3.8, 4) is 0 Å². The Balaban J connectivity index is 0.00000144. The number of carbonyl (C=O) groups is 2. The van der Waals surface area contributed by atoms with Gasteiger partial charge in [0.25, 0.3) is 0 Å². The predicted octanol–water partition coefficient (Wildman–Crippen LogP) is 1.85. The Morgan fingerprint density at radius 1 is 1.15 bits per heavy atom. The minimum Gasteiger partial charge on any atom is -0.300 e. The van der Waals surface area contributed by atoms with E-state index < -0.39 is 0 Å². The number of rotatable bonds is 3. The van der Waals surface area contributed by atoms with Gasteiger partial charge in [-0.3, -0.25) is 9.59 Å². The largest absolute Gasteiger partial charge is 0.300 e. The Bertz CT molecular complexity index is 293. The van der Waals surface area contributed by atoms with E-state index in [-0.39, 0.29) is 58.4 Å². The van der Waals surface area contributed by atoms with Gasteiger partial charge >= 0.3 is 0 Å². The molecule has 0 unspecified atom stereocenters. The van der Waals surface area contributed by atoms with Crippen LogP contribution in [-0.2, 0) is 4.79 Å². The fraction of sp³-hybridized carbons (Fsp3) is 0.200. The second-order valence-corrected chi connectivity index (χ2v) is 2.67. The molecular formula is C10H10O2Sm. The number of benzene rings is 1. The number of carbonyl (C=O) groups excluding carboxylic acids is 2. The van der Waals surface area contributed by atoms with Crippen LogP contribution in [-0.4, -0.2) is 11.6 Å². The standard InChI is InChI=1S/C10H10O2.Sm/c1-8(11)7-10(12)9-5-3-2-4-6-9;/h2-6H,7H2,1H3;. The molecule has 0 spiro atoms. The second kappa shape index (κ2) is 6.37. The van der Waals surface area contributed by atoms with Gasteiger partial charge in [-0.2, -0.15) is 0 Å². The van der Waals surface area contributed by atoms with Gasteiger partial charge in [-0.05, 0) is 6.92 Å². The van der Waals surface area contributed by atoms with E-state index in [9.17, 15) is 9.59 Å². The Morgan fingerprint density at radius 2 is 1.69 bits per heavy atom. The second-order valence-electron chi connectivity index (χ2n) is 2.67. The number of hydrogen-bond donors (Lipinski definition) is 0. The van der Waals surface area contributed by atoms with Crippen LogP contribution in [0, 0.1) is 40.4 Å². The summed E-state index contributed by atoms with van der Waals surface area (Å²) in [5.41, 5.74) is 0.604. The van der Waals surface area contributed by atoms with Crippen LogP contribution in [0.5, 0.6) is 0 Å². The molecule has 0 saturated carbocycles. The molecule has 0 heterocycles. The first-order valence-corrected chi connectivity index (χ1v) is 3.78. The Kier molecular flexibility index (Phi) is 6.32. The van der Waals surface area contributed by atoms with Crippen LogP contribution in [0.1, 0.15) is 23.7 Å². The van der Waals surface area contributed by atoms with Gasteiger partial charge in [-0.25, -0.2) is 0 Å². The van der Waals surface area contributed by atoms with E-state index in [0.717, 1.165) is 0 Å². The smallest absolute Gasteiger partial charge is 0.170 e. The van der Waals surface area contributed by atoms with Crippen LogP contribution in [0.2, 0.25) is 0 Å². The summed E-state index contributed by atoms with van der Waals surface area (Å²) < 4.78 is 0. The number of Topliss-reactive ketones (excluding diaryl/α,β-unsaturated/α-hetero) is 2. The molecule has 0 atom stereocenters. The molecule has 0 saturated heterocycles. The molecular weight excluding hydrogens is 302 g/mol. The zero-order valence-corrected chi connectivity index (χ0v) is 9.94. The molecule has 1 rings (SSSR count). The molecule has 0 amide bonds. The van der Waals surface area contributed by atoms with Crippen molar-refractivity contribution in [2.75, 3.05) is 0 Å². The molecule has 1 aromatic carbocycles. The first kappa shape index (κ1) is 12.9. The zero-order chi connectivity index (χ0) is 8.97. The van der Waals surface area contributed by atoms with Crippen LogP contribution in [0.3, 0.4) is 0 Å². The van der Waals surface area contributed by atoms with Gasteiger partial charge in [0.05, 0.1) is 6.42 Å². The molecule has 68 valence electrons. The Morgan fingerprint density at radius 3 is 2.15 bits per heavy atom. The third-order valence-electron chi connectivity index (χ3n) is 1.51. The van der Waals surface area contributed by atoms with Crippen molar-refractivity contribution in [2.45, 2.75) is 13.3 Å². The molecule has 3 heteroatoms. The average molecular weight is 313 g/mol. The third-order valence-corrected chi connectivity index (χ3v) is 1.51. The molecule has 0 aromatic heterocycles. The first-order chi connectivity index (χ1) is 5.70. The SMILES string of the molecule is CC(=O)CC(=O)c1ccccc1.[Sm]. The van der Waals surface area contributed by atoms with Crippen LogP contribution in [0.4, 0.5) is 0 Å². The summed E-state index contributed by atoms with van der Waals surface area (Å²) >= 11 is 0. The van der Waals surface area contributed by atoms with E-state index in [1.165, 1.54) is 6.92 Å². The van der Waals surface area contributed by atoms with Crippen molar-refractivity contribution < 1.29 is 50.0 Å². The van der Waals surface area contributed by atoms with Crippen LogP contribution in [0.15, 0.2) is 30.3 Å². The number of hydrogen-bond acceptors (Lipinski definition) is 2. The maximum atomic E-state index is 11.2. The van der Waals surface area contributed by atoms with Gasteiger partial charge in [0, 0.05) is 46.0 Å². The number of ketones is 2. The molecule has 1 aromatic rings. The van der Waals surface area contributed by atoms with Gasteiger partial charge in [-0.15, -0.1) is 0 Å². The minimum atomic E-state index is -0.108. The molecule has 0 aliphatic heterocycles. The summed E-state index contributed by atoms with van der Waals surface area (Å²) in [4.78, 5) is 21.8. The monoisotopic (exact) mass is 314 g/mol. The molecule has 0 aliphatic rings. The van der Waals surface area contributed by atoms with Crippen LogP contribution in [0.25, 0.3) is 0 Å². The fourth-order valence-electron chi connectivity index (χ4n) is 0.952. The van der Waals surface area contributed by atoms with E-state index in [2.05, 4.69) is 0 Å². The van der Waals surface area contributed by atoms with Crippen molar-refractivity contribution >= 4 is 11.6 Å². The predicted molar refractivity (Wildman–Crippen MR) is 46.1 cm³/mol. The molecule has 0 radical (unpaired) electrons. The van der Waals surface area contributed by atoms with Crippen molar-refractivity contribution in [2.24, 2.45) is 0 Å². The maximum Gasteiger partial charge on any atom is 0.170 e. The van der Waals surface area contributed by atoms with Gasteiger partial charge < -0.3 is 0 Å². The minimum absolute atomic E-state index is 0. The van der Waals surface area contributed by atoms with E-state index in [1.807, 2.05) is 6.07 Å². The van der Waals surface area contributed by atoms with Gasteiger partial charge in [-0.1, -0.05) is 30.3 Å². The van der Waals surface area contributed by atoms with Gasteiger partial charge in [0.15, 0.2) is 5.78 Å². The summed E-state index contributed by atoms with van der Waals surface area (Å²) in [7, 11) is 0. The van der Waals surface area contributed by atoms with Gasteiger partial charge in [0.1, 0.15) is 5.78 Å². The summed E-state index contributed by atoms with van der Waals surface area (Å²) in [6.45, 7) is 1.42. The molecule has 0 aliphatic carbocycles. The molecule has 0 fully saturated rings. The topological polar surface area (TPSA) is 34.1 Å². The van der Waals surface area contributed by atoms with E-state index in [4.69, 9.17) is 0 Å². The van der Waals surface area contributed by atoms with Gasteiger partial charge in [0.2, 0.25) is 0 Å². The van der Waals surface area contributed by atoms with E-state index >= 15 is 0 Å².